The molecule has 4 aromatic carbocycles. The lowest BCUT2D eigenvalue weighted by atomic mass is 9.57. The van der Waals surface area contributed by atoms with Gasteiger partial charge in [-0.15, -0.1) is 24.8 Å². The Labute approximate surface area is 872 Å². The molecule has 0 aromatic heterocycles. The number of halogens is 2. The van der Waals surface area contributed by atoms with Crippen molar-refractivity contribution in [1.82, 2.24) is 19.6 Å². The van der Waals surface area contributed by atoms with Crippen molar-refractivity contribution >= 4 is 140 Å². The van der Waals surface area contributed by atoms with Crippen molar-refractivity contribution in [3.8, 4) is 23.0 Å². The predicted molar refractivity (Wildman–Crippen MR) is 557 cm³/mol. The number of nitrogens with zero attached hydrogens (tertiary/aromatic N) is 8. The summed E-state index contributed by atoms with van der Waals surface area (Å²) in [4.78, 5) is 171. The van der Waals surface area contributed by atoms with Gasteiger partial charge in [0.15, 0.2) is 57.1 Å². The SMILES string of the molecule is CCCCOc1ccc(N(C)C)c2c1C(O)=C1C(=O)C3(O)C(O)=C(C(C)=O)C(=O)C(N(C)C)C3CC1C2.CCCCOc1ccc(N(C)C)c2c1C(O)=C1C(=O)C3(O)C(O)=C(C(N)=O)C(=O)C(N(C)C)C3CC1C2.CCCOc1ccc(N(C)C)c2c1C(O)=C1C(=O)C3(O)C(O)=C(C(C)=O)C(=O)C(N(C)C)C3CC1C2.CCCOc1ccc(N(C)C)c2c1C(O)=C1C(=O)C3(O)C(O)=C(C(N)=O)C(=O)C(N(C)C)C3CC1C2.Cl.Cl. The first-order valence-electron chi connectivity index (χ1n) is 49.3. The highest BCUT2D eigenvalue weighted by atomic mass is 35.5. The normalized spacial score (nSPS) is 27.0. The molecular weight excluding hydrogens is 1960 g/mol. The van der Waals surface area contributed by atoms with Gasteiger partial charge in [0.2, 0.25) is 23.1 Å². The third kappa shape index (κ3) is 18.8. The zero-order valence-corrected chi connectivity index (χ0v) is 89.4. The first-order valence-corrected chi connectivity index (χ1v) is 49.3. The summed E-state index contributed by atoms with van der Waals surface area (Å²) in [5.41, 5.74) is 5.85. The minimum Gasteiger partial charge on any atom is -0.508 e. The molecule has 0 bridgehead atoms. The van der Waals surface area contributed by atoms with Crippen LogP contribution in [-0.2, 0) is 83.2 Å². The number of aliphatic hydroxyl groups is 12. The fourth-order valence-electron chi connectivity index (χ4n) is 24.3. The van der Waals surface area contributed by atoms with E-state index in [0.717, 1.165) is 97.4 Å². The van der Waals surface area contributed by atoms with E-state index in [2.05, 4.69) is 0 Å². The summed E-state index contributed by atoms with van der Waals surface area (Å²) in [6.45, 7) is 11.9. The van der Waals surface area contributed by atoms with Crippen molar-refractivity contribution in [1.29, 1.82) is 0 Å². The summed E-state index contributed by atoms with van der Waals surface area (Å²) in [5.74, 6) is -20.0. The third-order valence-electron chi connectivity index (χ3n) is 30.8. The van der Waals surface area contributed by atoms with Gasteiger partial charge >= 0.3 is 0 Å². The van der Waals surface area contributed by atoms with Crippen molar-refractivity contribution in [3.63, 3.8) is 0 Å². The lowest BCUT2D eigenvalue weighted by Crippen LogP contribution is -2.65. The van der Waals surface area contributed by atoms with Crippen LogP contribution in [0.25, 0.3) is 23.0 Å². The number of anilines is 4. The number of hydrogen-bond donors (Lipinski definition) is 14. The molecule has 12 aliphatic rings. The highest BCUT2D eigenvalue weighted by Crippen LogP contribution is 2.61. The number of likely N-dealkylation sites (N-methyl/N-ethyl adjacent to an activating group) is 4. The molecule has 16 unspecified atom stereocenters. The molecule has 148 heavy (non-hydrogen) atoms. The van der Waals surface area contributed by atoms with Crippen LogP contribution in [0.1, 0.15) is 150 Å². The summed E-state index contributed by atoms with van der Waals surface area (Å²) in [6.07, 6.45) is 6.93. The quantitative estimate of drug-likeness (QED) is 0.0207. The number of ketones is 10. The summed E-state index contributed by atoms with van der Waals surface area (Å²) in [5, 5.41) is 137. The minimum atomic E-state index is -2.59. The third-order valence-corrected chi connectivity index (χ3v) is 30.8. The van der Waals surface area contributed by atoms with Gasteiger partial charge in [0.1, 0.15) is 91.4 Å². The number of carbonyl (C=O) groups excluding carboxylic acids is 12. The van der Waals surface area contributed by atoms with E-state index in [1.54, 1.807) is 90.4 Å². The van der Waals surface area contributed by atoms with Crippen LogP contribution in [0.15, 0.2) is 116 Å². The van der Waals surface area contributed by atoms with E-state index in [-0.39, 0.29) is 95.8 Å². The Kier molecular flexibility index (Phi) is 34.4. The largest absolute Gasteiger partial charge is 0.508 e. The van der Waals surface area contributed by atoms with Gasteiger partial charge in [-0.3, -0.25) is 77.1 Å². The standard InChI is InChI=1S/C28H36N2O7.C27H35N3O7.C27H34N2O7.C26H33N3O7.2ClH/c1-7-8-11-37-19-10-9-18(29(3)4)16-12-15-13-17-23(30(5)6)25(33)20(14(2)31)26(34)28(17,36)27(35)21(15)24(32)22(16)19;1-6-7-10-37-17-9-8-16(29(2)3)14-11-13-12-15-21(30(4)5)23(32)20(26(28)35)25(34)27(15,36)24(33)18(13)22(31)19(14)17;1-7-10-36-18-9-8-17(28(3)4)15-11-14-12-16-22(29(5)6)24(32)19(13(2)30)25(33)27(16,35)26(34)20(14)23(31)21(15)18;1-6-9-36-16-8-7-15(28(2)3)13-10-12-11-14-20(29(4)5)22(31)19(25(27)34)24(33)26(14,35)23(32)17(12)21(30)18(13)16;;/h9-10,15,17,23,32,34,36H,7-8,11-13H2,1-6H3;8-9,13,15,21,31,34,36H,6-7,10-12H2,1-5H3,(H2,28,35);8-9,14,16,22,31,33,35H,7,10-12H2,1-6H3;7-8,12,14,20,30,33,35H,6,9-11H2,1-5H3,(H2,27,34);2*1H. The molecule has 0 spiro atoms. The van der Waals surface area contributed by atoms with Gasteiger partial charge in [-0.2, -0.15) is 0 Å². The molecule has 0 saturated heterocycles. The number of Topliss-reactive ketones (excluding diaryl/α,β-unsaturated/α-hetero) is 10. The molecule has 4 fully saturated rings. The zero-order chi connectivity index (χ0) is 108. The van der Waals surface area contributed by atoms with Crippen LogP contribution >= 0.6 is 24.8 Å². The molecule has 4 aromatic rings. The molecular formula is C108H140Cl2N10O28. The molecule has 2 amide bonds. The molecule has 0 radical (unpaired) electrons. The lowest BCUT2D eigenvalue weighted by molar-refractivity contribution is -0.155. The molecule has 38 nitrogen and oxygen atoms in total. The van der Waals surface area contributed by atoms with Gasteiger partial charge in [-0.1, -0.05) is 40.5 Å². The fourth-order valence-corrected chi connectivity index (χ4v) is 24.3. The van der Waals surface area contributed by atoms with Crippen molar-refractivity contribution < 1.29 is 138 Å². The van der Waals surface area contributed by atoms with Crippen LogP contribution in [0, 0.1) is 47.3 Å². The number of rotatable bonds is 26. The molecule has 0 heterocycles. The van der Waals surface area contributed by atoms with Crippen LogP contribution in [0.4, 0.5) is 22.7 Å². The number of ether oxygens (including phenoxy) is 4. The van der Waals surface area contributed by atoms with E-state index in [1.807, 2.05) is 128 Å². The van der Waals surface area contributed by atoms with Crippen LogP contribution in [-0.4, -0.2) is 336 Å². The van der Waals surface area contributed by atoms with E-state index >= 15 is 0 Å². The van der Waals surface area contributed by atoms with E-state index in [1.165, 1.54) is 9.80 Å². The van der Waals surface area contributed by atoms with Crippen LogP contribution in [0.3, 0.4) is 0 Å². The second-order valence-electron chi connectivity index (χ2n) is 41.7. The van der Waals surface area contributed by atoms with Crippen LogP contribution in [0.2, 0.25) is 0 Å². The molecule has 12 aliphatic carbocycles. The number of nitrogens with two attached hydrogens (primary N) is 2. The summed E-state index contributed by atoms with van der Waals surface area (Å²) in [7, 11) is 28.0. The van der Waals surface area contributed by atoms with E-state index in [9.17, 15) is 119 Å². The number of unbranched alkanes of at least 4 members (excludes halogenated alkanes) is 2. The molecule has 0 aliphatic heterocycles. The van der Waals surface area contributed by atoms with Crippen molar-refractivity contribution in [3.05, 3.63) is 161 Å². The average molecular weight is 2100 g/mol. The smallest absolute Gasteiger partial charge is 0.255 e. The number of benzene rings is 4. The maximum absolute atomic E-state index is 14.0. The summed E-state index contributed by atoms with van der Waals surface area (Å²) >= 11 is 0. The second kappa shape index (κ2) is 44.0. The number of amides is 2. The average Bonchev–Trinajstić information content (AvgIpc) is 0.708. The molecule has 16 N–H and O–H groups in total. The van der Waals surface area contributed by atoms with Gasteiger partial charge in [-0.05, 0) is 242 Å². The Bertz CT molecular complexity index is 6040. The second-order valence-corrected chi connectivity index (χ2v) is 41.7. The topological polar surface area (TPSA) is 562 Å². The number of hydrogen-bond acceptors (Lipinski definition) is 36. The maximum Gasteiger partial charge on any atom is 0.255 e. The Hall–Kier alpha value is -12.5. The predicted octanol–water partition coefficient (Wildman–Crippen LogP) is 8.28. The van der Waals surface area contributed by atoms with E-state index in [4.69, 9.17) is 30.4 Å². The van der Waals surface area contributed by atoms with Crippen LogP contribution in [0.5, 0.6) is 23.0 Å². The molecule has 804 valence electrons. The van der Waals surface area contributed by atoms with Gasteiger partial charge in [0, 0.05) is 125 Å². The van der Waals surface area contributed by atoms with Gasteiger partial charge in [0.05, 0.1) is 72.8 Å². The Morgan fingerprint density at radius 2 is 0.514 bits per heavy atom. The van der Waals surface area contributed by atoms with E-state index in [0.29, 0.717) is 97.4 Å². The molecule has 40 heteroatoms. The van der Waals surface area contributed by atoms with E-state index < -0.39 is 209 Å². The number of aliphatic hydroxyl groups excluding tert-OH is 8. The molecule has 4 saturated carbocycles. The fraction of sp³-hybridized carbons (Fsp3) is 0.519. The molecule has 16 rings (SSSR count). The number of fused-ring (bicyclic) bond motifs is 12. The van der Waals surface area contributed by atoms with Gasteiger partial charge < -0.3 is 111 Å². The Morgan fingerprint density at radius 3 is 0.689 bits per heavy atom. The first kappa shape index (κ1) is 116. The highest BCUT2D eigenvalue weighted by molar-refractivity contribution is 6.28. The number of carbonyl (C=O) groups is 12. The minimum absolute atomic E-state index is 0. The monoisotopic (exact) mass is 2090 g/mol. The first-order chi connectivity index (χ1) is 68.5. The maximum atomic E-state index is 14.0. The van der Waals surface area contributed by atoms with Crippen molar-refractivity contribution in [2.75, 3.05) is 159 Å². The van der Waals surface area contributed by atoms with Crippen molar-refractivity contribution in [2.45, 2.75) is 178 Å². The Balaban J connectivity index is 0.000000187. The van der Waals surface area contributed by atoms with Gasteiger partial charge in [0.25, 0.3) is 11.8 Å². The van der Waals surface area contributed by atoms with Gasteiger partial charge in [-0.25, -0.2) is 0 Å². The summed E-state index contributed by atoms with van der Waals surface area (Å²) < 4.78 is 23.7. The van der Waals surface area contributed by atoms with Crippen LogP contribution < -0.4 is 50.0 Å². The lowest BCUT2D eigenvalue weighted by Gasteiger charge is -2.50. The highest BCUT2D eigenvalue weighted by Gasteiger charge is 2.70. The Morgan fingerprint density at radius 1 is 0.318 bits per heavy atom. The summed E-state index contributed by atoms with van der Waals surface area (Å²) in [6, 6.07) is 10.5. The zero-order valence-electron chi connectivity index (χ0n) is 87.7. The number of primary amides is 2. The molecule has 16 atom stereocenters. The van der Waals surface area contributed by atoms with Crippen molar-refractivity contribution in [2.24, 2.45) is 58.8 Å².